The molecule has 1 amide bonds. The van der Waals surface area contributed by atoms with Crippen molar-refractivity contribution in [3.63, 3.8) is 0 Å². The van der Waals surface area contributed by atoms with Crippen LogP contribution < -0.4 is 5.32 Å². The predicted octanol–water partition coefficient (Wildman–Crippen LogP) is 10.3. The van der Waals surface area contributed by atoms with Crippen molar-refractivity contribution in [3.8, 4) is 0 Å². The van der Waals surface area contributed by atoms with E-state index in [-0.39, 0.29) is 45.6 Å². The molecule has 0 aromatic rings. The lowest BCUT2D eigenvalue weighted by atomic mass is 9.32. The number of carboxylic acids is 1. The topological polar surface area (TPSA) is 92.7 Å². The molecular formula is C43H71NO5. The first-order valence-electron chi connectivity index (χ1n) is 20.4. The maximum atomic E-state index is 14.4. The van der Waals surface area contributed by atoms with Gasteiger partial charge in [-0.25, -0.2) is 0 Å². The quantitative estimate of drug-likeness (QED) is 0.108. The highest BCUT2D eigenvalue weighted by molar-refractivity contribution is 5.84. The Morgan fingerprint density at radius 3 is 2.02 bits per heavy atom. The summed E-state index contributed by atoms with van der Waals surface area (Å²) in [5, 5.41) is 12.3. The van der Waals surface area contributed by atoms with Crippen molar-refractivity contribution in [1.29, 1.82) is 0 Å². The van der Waals surface area contributed by atoms with Crippen LogP contribution in [0.2, 0.25) is 0 Å². The van der Waals surface area contributed by atoms with E-state index in [1.165, 1.54) is 50.5 Å². The lowest BCUT2D eigenvalue weighted by Gasteiger charge is -2.72. The highest BCUT2D eigenvalue weighted by Gasteiger charge is 2.72. The number of amides is 1. The highest BCUT2D eigenvalue weighted by atomic mass is 16.5. The van der Waals surface area contributed by atoms with Gasteiger partial charge in [-0.3, -0.25) is 14.4 Å². The minimum absolute atomic E-state index is 0.00448. The van der Waals surface area contributed by atoms with Crippen molar-refractivity contribution in [2.45, 2.75) is 177 Å². The van der Waals surface area contributed by atoms with Crippen LogP contribution in [-0.4, -0.2) is 35.6 Å². The van der Waals surface area contributed by atoms with Crippen LogP contribution in [0, 0.1) is 56.7 Å². The van der Waals surface area contributed by atoms with E-state index >= 15 is 0 Å². The number of unbranched alkanes of at least 4 members (excludes halogenated alkanes) is 7. The summed E-state index contributed by atoms with van der Waals surface area (Å²) in [6.45, 7) is 21.7. The summed E-state index contributed by atoms with van der Waals surface area (Å²) in [4.78, 5) is 37.1. The molecule has 278 valence electrons. The third-order valence-electron chi connectivity index (χ3n) is 16.4. The fraction of sp³-hybridized carbons (Fsp3) is 0.884. The summed E-state index contributed by atoms with van der Waals surface area (Å²) in [6.07, 6.45) is 20.1. The molecule has 5 aliphatic rings. The third kappa shape index (κ3) is 6.78. The summed E-state index contributed by atoms with van der Waals surface area (Å²) in [5.74, 6) is 2.03. The van der Waals surface area contributed by atoms with Crippen molar-refractivity contribution in [3.05, 3.63) is 12.2 Å². The first-order chi connectivity index (χ1) is 23.0. The molecule has 0 radical (unpaired) electrons. The van der Waals surface area contributed by atoms with Crippen molar-refractivity contribution in [1.82, 2.24) is 5.32 Å². The van der Waals surface area contributed by atoms with Gasteiger partial charge >= 0.3 is 11.9 Å². The van der Waals surface area contributed by atoms with Crippen LogP contribution in [-0.2, 0) is 19.1 Å². The molecule has 0 spiro atoms. The monoisotopic (exact) mass is 682 g/mol. The van der Waals surface area contributed by atoms with Gasteiger partial charge in [-0.05, 0) is 130 Å². The van der Waals surface area contributed by atoms with E-state index in [4.69, 9.17) is 9.84 Å². The van der Waals surface area contributed by atoms with Gasteiger partial charge in [0.2, 0.25) is 5.91 Å². The number of aliphatic carboxylic acids is 1. The second kappa shape index (κ2) is 14.6. The molecule has 0 heterocycles. The smallest absolute Gasteiger partial charge is 0.303 e. The molecule has 2 N–H and O–H groups in total. The van der Waals surface area contributed by atoms with Crippen LogP contribution in [0.4, 0.5) is 0 Å². The van der Waals surface area contributed by atoms with Crippen molar-refractivity contribution < 1.29 is 24.2 Å². The molecule has 0 aromatic heterocycles. The van der Waals surface area contributed by atoms with Crippen LogP contribution in [0.15, 0.2) is 12.2 Å². The lowest BCUT2D eigenvalue weighted by Crippen LogP contribution is -2.67. The van der Waals surface area contributed by atoms with Gasteiger partial charge in [0.15, 0.2) is 0 Å². The van der Waals surface area contributed by atoms with Gasteiger partial charge in [-0.1, -0.05) is 85.3 Å². The summed E-state index contributed by atoms with van der Waals surface area (Å²) in [7, 11) is 0. The maximum Gasteiger partial charge on any atom is 0.303 e. The molecule has 0 aromatic carbocycles. The normalized spacial score (nSPS) is 40.6. The number of rotatable bonds is 14. The largest absolute Gasteiger partial charge is 0.481 e. The third-order valence-corrected chi connectivity index (χ3v) is 16.4. The van der Waals surface area contributed by atoms with Crippen LogP contribution in [0.5, 0.6) is 0 Å². The van der Waals surface area contributed by atoms with Crippen LogP contribution in [0.3, 0.4) is 0 Å². The number of carboxylic acid groups (broad SMARTS) is 1. The number of hydrogen-bond donors (Lipinski definition) is 2. The van der Waals surface area contributed by atoms with E-state index < -0.39 is 5.97 Å². The van der Waals surface area contributed by atoms with E-state index in [1.807, 2.05) is 0 Å². The molecule has 5 rings (SSSR count). The second-order valence-electron chi connectivity index (χ2n) is 19.0. The van der Waals surface area contributed by atoms with E-state index in [0.717, 1.165) is 77.2 Å². The fourth-order valence-corrected chi connectivity index (χ4v) is 13.8. The standard InChI is InChI=1S/C43H71NO5/c1-29(2)31-20-25-43(38(48)44-28-16-14-12-10-9-11-13-15-17-36(46)47)27-26-41(7)32(37(31)43)18-19-34-40(6)23-22-35(49-30(3)45)39(4,5)33(40)21-24-42(34,41)8/h31-35,37H,1,9-28H2,2-8H3,(H,44,48)(H,46,47)/t31-,32+,33-,34?,35-,37+,40-,41+,42+,43-/m0/s1. The molecule has 49 heavy (non-hydrogen) atoms. The highest BCUT2D eigenvalue weighted by Crippen LogP contribution is 2.77. The number of hydrogen-bond acceptors (Lipinski definition) is 4. The molecule has 0 bridgehead atoms. The Morgan fingerprint density at radius 1 is 0.735 bits per heavy atom. The minimum Gasteiger partial charge on any atom is -0.481 e. The first kappa shape index (κ1) is 38.4. The molecule has 6 nitrogen and oxygen atoms in total. The zero-order chi connectivity index (χ0) is 35.8. The Balaban J connectivity index is 1.25. The fourth-order valence-electron chi connectivity index (χ4n) is 13.8. The van der Waals surface area contributed by atoms with Crippen molar-refractivity contribution >= 4 is 17.8 Å². The Labute approximate surface area is 298 Å². The van der Waals surface area contributed by atoms with Gasteiger partial charge in [-0.2, -0.15) is 0 Å². The number of carbonyl (C=O) groups is 3. The van der Waals surface area contributed by atoms with E-state index in [9.17, 15) is 14.4 Å². The van der Waals surface area contributed by atoms with Gasteiger partial charge in [0, 0.05) is 25.3 Å². The van der Waals surface area contributed by atoms with Gasteiger partial charge in [0.1, 0.15) is 6.10 Å². The molecule has 5 fully saturated rings. The van der Waals surface area contributed by atoms with E-state index in [1.54, 1.807) is 6.92 Å². The second-order valence-corrected chi connectivity index (χ2v) is 19.0. The summed E-state index contributed by atoms with van der Waals surface area (Å²) in [5.41, 5.74) is 1.64. The molecule has 5 saturated carbocycles. The van der Waals surface area contributed by atoms with Crippen molar-refractivity contribution in [2.24, 2.45) is 56.7 Å². The molecule has 1 unspecified atom stereocenters. The Morgan fingerprint density at radius 2 is 1.39 bits per heavy atom. The summed E-state index contributed by atoms with van der Waals surface area (Å²) in [6, 6.07) is 0. The number of esters is 1. The molecule has 5 aliphatic carbocycles. The molecule has 6 heteroatoms. The molecule has 10 atom stereocenters. The Bertz CT molecular complexity index is 1240. The molecule has 0 saturated heterocycles. The summed E-state index contributed by atoms with van der Waals surface area (Å²) >= 11 is 0. The van der Waals surface area contributed by atoms with Gasteiger partial charge in [-0.15, -0.1) is 0 Å². The SMILES string of the molecule is C=C(C)[C@@H]1CC[C@]2(C(=O)NCCCCCCCCCCC(=O)O)CC[C@]3(C)[C@H](CCC4[C@@]5(C)CC[C@H](OC(C)=O)C(C)(C)[C@@H]5CC[C@]43C)[C@@H]12. The number of carbonyl (C=O) groups excluding carboxylic acids is 2. The zero-order valence-corrected chi connectivity index (χ0v) is 32.4. The number of fused-ring (bicyclic) bond motifs is 7. The van der Waals surface area contributed by atoms with Gasteiger partial charge < -0.3 is 15.2 Å². The van der Waals surface area contributed by atoms with Crippen LogP contribution in [0.1, 0.15) is 170 Å². The maximum absolute atomic E-state index is 14.4. The molecule has 0 aliphatic heterocycles. The van der Waals surface area contributed by atoms with E-state index in [2.05, 4.69) is 53.4 Å². The number of ether oxygens (including phenoxy) is 1. The van der Waals surface area contributed by atoms with E-state index in [0.29, 0.717) is 35.5 Å². The lowest BCUT2D eigenvalue weighted by molar-refractivity contribution is -0.248. The zero-order valence-electron chi connectivity index (χ0n) is 32.4. The average Bonchev–Trinajstić information content (AvgIpc) is 3.43. The molecular weight excluding hydrogens is 610 g/mol. The number of nitrogens with one attached hydrogen (secondary N) is 1. The Kier molecular flexibility index (Phi) is 11.5. The predicted molar refractivity (Wildman–Crippen MR) is 197 cm³/mol. The van der Waals surface area contributed by atoms with Gasteiger partial charge in [0.25, 0.3) is 0 Å². The van der Waals surface area contributed by atoms with Crippen molar-refractivity contribution in [2.75, 3.05) is 6.54 Å². The van der Waals surface area contributed by atoms with Gasteiger partial charge in [0.05, 0.1) is 5.41 Å². The Hall–Kier alpha value is -1.85. The summed E-state index contributed by atoms with van der Waals surface area (Å²) < 4.78 is 5.96. The first-order valence-corrected chi connectivity index (χ1v) is 20.4. The van der Waals surface area contributed by atoms with Crippen LogP contribution in [0.25, 0.3) is 0 Å². The van der Waals surface area contributed by atoms with Crippen LogP contribution >= 0.6 is 0 Å². The average molecular weight is 682 g/mol. The number of allylic oxidation sites excluding steroid dienone is 1. The minimum atomic E-state index is -0.692.